The topological polar surface area (TPSA) is 9.23 Å². The maximum absolute atomic E-state index is 5.19. The Kier molecular flexibility index (Phi) is 4.77. The van der Waals surface area contributed by atoms with Crippen molar-refractivity contribution < 1.29 is 4.74 Å². The van der Waals surface area contributed by atoms with Crippen LogP contribution in [0.2, 0.25) is 0 Å². The van der Waals surface area contributed by atoms with E-state index in [1.165, 1.54) is 27.8 Å². The first-order valence-corrected chi connectivity index (χ1v) is 8.03. The normalized spacial score (nSPS) is 10.5. The van der Waals surface area contributed by atoms with Gasteiger partial charge in [0.2, 0.25) is 0 Å². The van der Waals surface area contributed by atoms with Crippen molar-refractivity contribution in [2.75, 3.05) is 7.11 Å². The van der Waals surface area contributed by atoms with Gasteiger partial charge in [0.25, 0.3) is 0 Å². The Morgan fingerprint density at radius 3 is 1.52 bits per heavy atom. The fraction of sp³-hybridized carbons (Fsp3) is 0.182. The van der Waals surface area contributed by atoms with Gasteiger partial charge in [-0.3, -0.25) is 0 Å². The molecule has 0 atom stereocenters. The Morgan fingerprint density at radius 1 is 0.609 bits per heavy atom. The van der Waals surface area contributed by atoms with Crippen molar-refractivity contribution in [1.82, 2.24) is 0 Å². The molecule has 1 heteroatoms. The van der Waals surface area contributed by atoms with E-state index < -0.39 is 0 Å². The van der Waals surface area contributed by atoms with E-state index in [1.807, 2.05) is 12.1 Å². The third-order valence-electron chi connectivity index (χ3n) is 4.20. The summed E-state index contributed by atoms with van der Waals surface area (Å²) in [7, 11) is 1.70. The smallest absolute Gasteiger partial charge is 0.118 e. The summed E-state index contributed by atoms with van der Waals surface area (Å²) in [5.74, 6) is 0.913. The van der Waals surface area contributed by atoms with E-state index in [2.05, 4.69) is 67.6 Å². The second-order valence-electron chi connectivity index (χ2n) is 5.91. The van der Waals surface area contributed by atoms with Gasteiger partial charge in [-0.25, -0.2) is 0 Å². The largest absolute Gasteiger partial charge is 0.497 e. The van der Waals surface area contributed by atoms with Crippen molar-refractivity contribution in [3.8, 4) is 16.9 Å². The van der Waals surface area contributed by atoms with Gasteiger partial charge in [0.15, 0.2) is 0 Å². The second kappa shape index (κ2) is 7.15. The van der Waals surface area contributed by atoms with Gasteiger partial charge in [-0.2, -0.15) is 0 Å². The first-order valence-electron chi connectivity index (χ1n) is 8.03. The van der Waals surface area contributed by atoms with Crippen molar-refractivity contribution in [2.45, 2.75) is 19.8 Å². The van der Waals surface area contributed by atoms with Crippen LogP contribution in [0.1, 0.15) is 16.7 Å². The molecule has 0 unspecified atom stereocenters. The summed E-state index contributed by atoms with van der Waals surface area (Å²) in [6, 6.07) is 25.9. The molecule has 3 aromatic carbocycles. The van der Waals surface area contributed by atoms with E-state index in [-0.39, 0.29) is 0 Å². The van der Waals surface area contributed by atoms with Crippen LogP contribution in [0.4, 0.5) is 0 Å². The van der Waals surface area contributed by atoms with Crippen LogP contribution in [-0.2, 0) is 12.8 Å². The summed E-state index contributed by atoms with van der Waals surface area (Å²) in [4.78, 5) is 0. The fourth-order valence-corrected chi connectivity index (χ4v) is 2.69. The lowest BCUT2D eigenvalue weighted by Crippen LogP contribution is -1.92. The minimum Gasteiger partial charge on any atom is -0.497 e. The minimum absolute atomic E-state index is 0.913. The number of aryl methyl sites for hydroxylation is 3. The van der Waals surface area contributed by atoms with E-state index in [1.54, 1.807) is 7.11 Å². The molecule has 0 spiro atoms. The lowest BCUT2D eigenvalue weighted by Gasteiger charge is -2.06. The second-order valence-corrected chi connectivity index (χ2v) is 5.91. The van der Waals surface area contributed by atoms with E-state index in [9.17, 15) is 0 Å². The molecule has 3 aromatic rings. The van der Waals surface area contributed by atoms with Gasteiger partial charge in [0, 0.05) is 0 Å². The molecule has 0 aromatic heterocycles. The van der Waals surface area contributed by atoms with Crippen molar-refractivity contribution >= 4 is 0 Å². The molecule has 0 amide bonds. The van der Waals surface area contributed by atoms with E-state index >= 15 is 0 Å². The number of hydrogen-bond acceptors (Lipinski definition) is 1. The molecular formula is C22H22O. The highest BCUT2D eigenvalue weighted by molar-refractivity contribution is 5.63. The van der Waals surface area contributed by atoms with Crippen LogP contribution in [0.25, 0.3) is 11.1 Å². The Balaban J connectivity index is 1.64. The molecule has 0 bridgehead atoms. The third kappa shape index (κ3) is 4.01. The number of ether oxygens (including phenoxy) is 1. The average Bonchev–Trinajstić information content (AvgIpc) is 2.61. The third-order valence-corrected chi connectivity index (χ3v) is 4.20. The van der Waals surface area contributed by atoms with Gasteiger partial charge < -0.3 is 4.74 Å². The molecule has 1 nitrogen and oxygen atoms in total. The van der Waals surface area contributed by atoms with Crippen molar-refractivity contribution in [1.29, 1.82) is 0 Å². The monoisotopic (exact) mass is 302 g/mol. The minimum atomic E-state index is 0.913. The molecule has 0 aliphatic carbocycles. The zero-order valence-electron chi connectivity index (χ0n) is 13.8. The lowest BCUT2D eigenvalue weighted by atomic mass is 10.00. The highest BCUT2D eigenvalue weighted by Gasteiger charge is 2.00. The Hall–Kier alpha value is -2.54. The molecule has 0 aliphatic heterocycles. The number of methoxy groups -OCH3 is 1. The molecule has 0 saturated carbocycles. The summed E-state index contributed by atoms with van der Waals surface area (Å²) in [6.45, 7) is 2.12. The van der Waals surface area contributed by atoms with Gasteiger partial charge >= 0.3 is 0 Å². The predicted molar refractivity (Wildman–Crippen MR) is 97.0 cm³/mol. The van der Waals surface area contributed by atoms with Gasteiger partial charge in [-0.1, -0.05) is 66.2 Å². The number of benzene rings is 3. The Morgan fingerprint density at radius 2 is 1.04 bits per heavy atom. The fourth-order valence-electron chi connectivity index (χ4n) is 2.69. The zero-order chi connectivity index (χ0) is 16.1. The van der Waals surface area contributed by atoms with Crippen LogP contribution >= 0.6 is 0 Å². The average molecular weight is 302 g/mol. The lowest BCUT2D eigenvalue weighted by molar-refractivity contribution is 0.414. The summed E-state index contributed by atoms with van der Waals surface area (Å²) < 4.78 is 5.19. The Labute approximate surface area is 138 Å². The van der Waals surface area contributed by atoms with E-state index in [4.69, 9.17) is 4.74 Å². The quantitative estimate of drug-likeness (QED) is 0.608. The Bertz CT molecular complexity index is 737. The maximum Gasteiger partial charge on any atom is 0.118 e. The summed E-state index contributed by atoms with van der Waals surface area (Å²) in [5, 5.41) is 0. The molecule has 3 rings (SSSR count). The number of hydrogen-bond donors (Lipinski definition) is 0. The highest BCUT2D eigenvalue weighted by atomic mass is 16.5. The van der Waals surface area contributed by atoms with Crippen molar-refractivity contribution in [3.05, 3.63) is 89.5 Å². The first kappa shape index (κ1) is 15.4. The molecule has 0 N–H and O–H groups in total. The van der Waals surface area contributed by atoms with Crippen LogP contribution < -0.4 is 4.74 Å². The molecule has 116 valence electrons. The molecule has 0 radical (unpaired) electrons. The highest BCUT2D eigenvalue weighted by Crippen LogP contribution is 2.21. The summed E-state index contributed by atoms with van der Waals surface area (Å²) in [5.41, 5.74) is 6.56. The van der Waals surface area contributed by atoms with Gasteiger partial charge in [-0.05, 0) is 54.2 Å². The molecule has 0 heterocycles. The molecule has 0 fully saturated rings. The van der Waals surface area contributed by atoms with Crippen LogP contribution in [0.15, 0.2) is 72.8 Å². The standard InChI is InChI=1S/C22H22O/c1-17-3-11-20(12-4-17)21-13-7-18(8-14-21)5-6-19-9-15-22(23-2)16-10-19/h3-4,7-16H,5-6H2,1-2H3. The molecule has 0 aliphatic rings. The van der Waals surface area contributed by atoms with E-state index in [0.29, 0.717) is 0 Å². The van der Waals surface area contributed by atoms with E-state index in [0.717, 1.165) is 18.6 Å². The number of rotatable bonds is 5. The first-order chi connectivity index (χ1) is 11.2. The van der Waals surface area contributed by atoms with Crippen LogP contribution in [0.3, 0.4) is 0 Å². The SMILES string of the molecule is COc1ccc(CCc2ccc(-c3ccc(C)cc3)cc2)cc1. The maximum atomic E-state index is 5.19. The zero-order valence-corrected chi connectivity index (χ0v) is 13.8. The summed E-state index contributed by atoms with van der Waals surface area (Å²) >= 11 is 0. The van der Waals surface area contributed by atoms with Gasteiger partial charge in [0.05, 0.1) is 7.11 Å². The van der Waals surface area contributed by atoms with Gasteiger partial charge in [-0.15, -0.1) is 0 Å². The summed E-state index contributed by atoms with van der Waals surface area (Å²) in [6.07, 6.45) is 2.11. The predicted octanol–water partition coefficient (Wildman–Crippen LogP) is 5.46. The van der Waals surface area contributed by atoms with Crippen molar-refractivity contribution in [3.63, 3.8) is 0 Å². The van der Waals surface area contributed by atoms with Crippen LogP contribution in [0.5, 0.6) is 5.75 Å². The van der Waals surface area contributed by atoms with Gasteiger partial charge in [0.1, 0.15) is 5.75 Å². The molecular weight excluding hydrogens is 280 g/mol. The van der Waals surface area contributed by atoms with Crippen molar-refractivity contribution in [2.24, 2.45) is 0 Å². The van der Waals surface area contributed by atoms with Crippen LogP contribution in [-0.4, -0.2) is 7.11 Å². The molecule has 23 heavy (non-hydrogen) atoms. The van der Waals surface area contributed by atoms with Crippen LogP contribution in [0, 0.1) is 6.92 Å². The molecule has 0 saturated heterocycles.